The molecule has 1 unspecified atom stereocenters. The number of thiophene rings is 1. The van der Waals surface area contributed by atoms with E-state index in [1.54, 1.807) is 17.7 Å². The lowest BCUT2D eigenvalue weighted by atomic mass is 10.1. The Bertz CT molecular complexity index is 551. The quantitative estimate of drug-likeness (QED) is 0.900. The van der Waals surface area contributed by atoms with Crippen LogP contribution in [0.4, 0.5) is 5.82 Å². The minimum Gasteiger partial charge on any atom is -0.354 e. The van der Waals surface area contributed by atoms with Gasteiger partial charge in [0.1, 0.15) is 17.0 Å². The zero-order valence-corrected chi connectivity index (χ0v) is 11.6. The highest BCUT2D eigenvalue weighted by atomic mass is 32.1. The molecule has 5 heteroatoms. The highest BCUT2D eigenvalue weighted by molar-refractivity contribution is 7.18. The molecule has 4 nitrogen and oxygen atoms in total. The Kier molecular flexibility index (Phi) is 3.18. The van der Waals surface area contributed by atoms with Gasteiger partial charge >= 0.3 is 0 Å². The number of likely N-dealkylation sites (N-methyl/N-ethyl adjacent to an activating group) is 1. The Morgan fingerprint density at radius 1 is 1.44 bits per heavy atom. The number of rotatable bonds is 2. The van der Waals surface area contributed by atoms with Crippen molar-refractivity contribution in [1.29, 1.82) is 0 Å². The molecule has 18 heavy (non-hydrogen) atoms. The second kappa shape index (κ2) is 4.82. The average molecular weight is 262 g/mol. The van der Waals surface area contributed by atoms with E-state index in [1.165, 1.54) is 23.1 Å². The lowest BCUT2D eigenvalue weighted by molar-refractivity contribution is 0.448. The molecule has 1 saturated heterocycles. The van der Waals surface area contributed by atoms with E-state index in [9.17, 15) is 0 Å². The van der Waals surface area contributed by atoms with Crippen LogP contribution >= 0.6 is 11.3 Å². The summed E-state index contributed by atoms with van der Waals surface area (Å²) in [5.74, 6) is 1.10. The van der Waals surface area contributed by atoms with E-state index >= 15 is 0 Å². The fourth-order valence-electron chi connectivity index (χ4n) is 2.62. The molecular weight excluding hydrogens is 244 g/mol. The molecule has 0 aliphatic carbocycles. The lowest BCUT2D eigenvalue weighted by Crippen LogP contribution is -2.44. The summed E-state index contributed by atoms with van der Waals surface area (Å²) in [6, 6.07) is 2.78. The van der Waals surface area contributed by atoms with Crippen molar-refractivity contribution >= 4 is 27.4 Å². The Morgan fingerprint density at radius 2 is 2.33 bits per heavy atom. The van der Waals surface area contributed by atoms with E-state index in [2.05, 4.69) is 33.2 Å². The SMILES string of the molecule is CNC1CCCN(c2ncnc3sc(C)cc23)C1. The largest absolute Gasteiger partial charge is 0.354 e. The van der Waals surface area contributed by atoms with Gasteiger partial charge in [-0.2, -0.15) is 0 Å². The summed E-state index contributed by atoms with van der Waals surface area (Å²) in [7, 11) is 2.04. The monoisotopic (exact) mass is 262 g/mol. The number of piperidine rings is 1. The maximum atomic E-state index is 4.51. The van der Waals surface area contributed by atoms with Crippen LogP contribution in [0.25, 0.3) is 10.2 Å². The highest BCUT2D eigenvalue weighted by Gasteiger charge is 2.21. The maximum Gasteiger partial charge on any atom is 0.140 e. The third-order valence-electron chi connectivity index (χ3n) is 3.56. The van der Waals surface area contributed by atoms with Crippen LogP contribution in [0.2, 0.25) is 0 Å². The molecule has 0 aromatic carbocycles. The predicted octanol–water partition coefficient (Wildman–Crippen LogP) is 2.19. The van der Waals surface area contributed by atoms with Gasteiger partial charge in [0.05, 0.1) is 5.39 Å². The van der Waals surface area contributed by atoms with Gasteiger partial charge in [0.2, 0.25) is 0 Å². The van der Waals surface area contributed by atoms with Crippen LogP contribution < -0.4 is 10.2 Å². The van der Waals surface area contributed by atoms with E-state index in [1.807, 2.05) is 7.05 Å². The molecule has 1 aliphatic rings. The minimum absolute atomic E-state index is 0.573. The maximum absolute atomic E-state index is 4.51. The summed E-state index contributed by atoms with van der Waals surface area (Å²) in [5, 5.41) is 4.58. The Morgan fingerprint density at radius 3 is 3.17 bits per heavy atom. The molecule has 0 radical (unpaired) electrons. The number of hydrogen-bond acceptors (Lipinski definition) is 5. The lowest BCUT2D eigenvalue weighted by Gasteiger charge is -2.33. The first-order valence-electron chi connectivity index (χ1n) is 6.41. The van der Waals surface area contributed by atoms with Crippen LogP contribution in [-0.2, 0) is 0 Å². The standard InChI is InChI=1S/C13H18N4S/c1-9-6-11-12(15-8-16-13(11)18-9)17-5-3-4-10(7-17)14-2/h6,8,10,14H,3-5,7H2,1-2H3. The van der Waals surface area contributed by atoms with Gasteiger partial charge in [0.25, 0.3) is 0 Å². The molecule has 0 spiro atoms. The normalized spacial score (nSPS) is 20.6. The molecule has 3 heterocycles. The fraction of sp³-hybridized carbons (Fsp3) is 0.538. The molecule has 1 aliphatic heterocycles. The van der Waals surface area contributed by atoms with Crippen LogP contribution in [0.5, 0.6) is 0 Å². The summed E-state index contributed by atoms with van der Waals surface area (Å²) in [6.07, 6.45) is 4.17. The number of aryl methyl sites for hydroxylation is 1. The molecule has 2 aromatic rings. The van der Waals surface area contributed by atoms with Gasteiger partial charge in [-0.25, -0.2) is 9.97 Å². The Hall–Kier alpha value is -1.20. The number of fused-ring (bicyclic) bond motifs is 1. The first-order valence-corrected chi connectivity index (χ1v) is 7.23. The van der Waals surface area contributed by atoms with Gasteiger partial charge in [0.15, 0.2) is 0 Å². The second-order valence-electron chi connectivity index (χ2n) is 4.85. The van der Waals surface area contributed by atoms with Crippen molar-refractivity contribution in [2.24, 2.45) is 0 Å². The summed E-state index contributed by atoms with van der Waals surface area (Å²) in [5.41, 5.74) is 0. The van der Waals surface area contributed by atoms with Crippen molar-refractivity contribution in [3.05, 3.63) is 17.3 Å². The molecule has 96 valence electrons. The zero-order valence-electron chi connectivity index (χ0n) is 10.8. The summed E-state index contributed by atoms with van der Waals surface area (Å²) >= 11 is 1.74. The number of anilines is 1. The topological polar surface area (TPSA) is 41.0 Å². The summed E-state index contributed by atoms with van der Waals surface area (Å²) < 4.78 is 0. The van der Waals surface area contributed by atoms with Crippen molar-refractivity contribution in [2.75, 3.05) is 25.0 Å². The van der Waals surface area contributed by atoms with Gasteiger partial charge in [-0.3, -0.25) is 0 Å². The van der Waals surface area contributed by atoms with Gasteiger partial charge < -0.3 is 10.2 Å². The average Bonchev–Trinajstić information content (AvgIpc) is 2.78. The Labute approximate surface area is 111 Å². The highest BCUT2D eigenvalue weighted by Crippen LogP contribution is 2.30. The van der Waals surface area contributed by atoms with E-state index in [0.29, 0.717) is 6.04 Å². The molecule has 3 rings (SSSR count). The Balaban J connectivity index is 1.98. The molecule has 0 saturated carbocycles. The first kappa shape index (κ1) is 11.9. The number of nitrogens with zero attached hydrogens (tertiary/aromatic N) is 3. The van der Waals surface area contributed by atoms with Crippen LogP contribution in [0.15, 0.2) is 12.4 Å². The number of nitrogens with one attached hydrogen (secondary N) is 1. The van der Waals surface area contributed by atoms with Crippen LogP contribution in [0, 0.1) is 6.92 Å². The molecule has 1 atom stereocenters. The van der Waals surface area contributed by atoms with Crippen LogP contribution in [0.3, 0.4) is 0 Å². The third-order valence-corrected chi connectivity index (χ3v) is 4.52. The van der Waals surface area contributed by atoms with E-state index < -0.39 is 0 Å². The van der Waals surface area contributed by atoms with E-state index in [0.717, 1.165) is 23.7 Å². The van der Waals surface area contributed by atoms with Crippen LogP contribution in [-0.4, -0.2) is 36.1 Å². The first-order chi connectivity index (χ1) is 8.78. The van der Waals surface area contributed by atoms with E-state index in [-0.39, 0.29) is 0 Å². The molecule has 1 fully saturated rings. The van der Waals surface area contributed by atoms with E-state index in [4.69, 9.17) is 0 Å². The van der Waals surface area contributed by atoms with Crippen molar-refractivity contribution in [3.8, 4) is 0 Å². The molecule has 1 N–H and O–H groups in total. The van der Waals surface area contributed by atoms with Gasteiger partial charge in [-0.05, 0) is 32.9 Å². The second-order valence-corrected chi connectivity index (χ2v) is 6.08. The zero-order chi connectivity index (χ0) is 12.5. The third kappa shape index (κ3) is 2.08. The fourth-order valence-corrected chi connectivity index (χ4v) is 3.46. The van der Waals surface area contributed by atoms with Crippen molar-refractivity contribution in [1.82, 2.24) is 15.3 Å². The van der Waals surface area contributed by atoms with Crippen molar-refractivity contribution in [2.45, 2.75) is 25.8 Å². The molecule has 0 bridgehead atoms. The van der Waals surface area contributed by atoms with Crippen molar-refractivity contribution < 1.29 is 0 Å². The minimum atomic E-state index is 0.573. The van der Waals surface area contributed by atoms with Crippen LogP contribution in [0.1, 0.15) is 17.7 Å². The smallest absolute Gasteiger partial charge is 0.140 e. The number of aromatic nitrogens is 2. The molecule has 2 aromatic heterocycles. The summed E-state index contributed by atoms with van der Waals surface area (Å²) in [4.78, 5) is 13.7. The van der Waals surface area contributed by atoms with Gasteiger partial charge in [-0.15, -0.1) is 11.3 Å². The predicted molar refractivity (Wildman–Crippen MR) is 76.4 cm³/mol. The molecular formula is C13H18N4S. The van der Waals surface area contributed by atoms with Gasteiger partial charge in [-0.1, -0.05) is 0 Å². The number of hydrogen-bond donors (Lipinski definition) is 1. The van der Waals surface area contributed by atoms with Crippen molar-refractivity contribution in [3.63, 3.8) is 0 Å². The summed E-state index contributed by atoms with van der Waals surface area (Å²) in [6.45, 7) is 4.26. The molecule has 0 amide bonds. The van der Waals surface area contributed by atoms with Gasteiger partial charge in [0, 0.05) is 24.0 Å².